The average Bonchev–Trinajstić information content (AvgIpc) is 3.21. The van der Waals surface area contributed by atoms with E-state index in [-0.39, 0.29) is 25.0 Å². The summed E-state index contributed by atoms with van der Waals surface area (Å²) in [6.45, 7) is 4.25. The number of piperazine rings is 1. The zero-order valence-electron chi connectivity index (χ0n) is 16.2. The standard InChI is InChI=1S/C21H24N4O4/c26-20(23-13-17-2-1-5-22-12-17)11-21(27)25-8-6-24(7-9-25)14-16-3-4-18-19(10-16)29-15-28-18/h1-5,10,12H,6-9,11,13-15H2,(H,23,26). The summed E-state index contributed by atoms with van der Waals surface area (Å²) in [6, 6.07) is 9.68. The minimum absolute atomic E-state index is 0.123. The van der Waals surface area contributed by atoms with Gasteiger partial charge in [-0.25, -0.2) is 0 Å². The second-order valence-corrected chi connectivity index (χ2v) is 7.16. The molecule has 2 aliphatic rings. The van der Waals surface area contributed by atoms with E-state index >= 15 is 0 Å². The summed E-state index contributed by atoms with van der Waals surface area (Å²) in [5.41, 5.74) is 2.06. The van der Waals surface area contributed by atoms with Crippen LogP contribution in [0.4, 0.5) is 0 Å². The van der Waals surface area contributed by atoms with E-state index in [9.17, 15) is 9.59 Å². The SMILES string of the molecule is O=C(CC(=O)N1CCN(Cc2ccc3c(c2)OCO3)CC1)NCc1cccnc1. The van der Waals surface area contributed by atoms with E-state index in [1.54, 1.807) is 17.3 Å². The number of hydrogen-bond acceptors (Lipinski definition) is 6. The minimum Gasteiger partial charge on any atom is -0.454 e. The Morgan fingerprint density at radius 2 is 1.86 bits per heavy atom. The van der Waals surface area contributed by atoms with E-state index in [1.807, 2.05) is 30.3 Å². The molecule has 29 heavy (non-hydrogen) atoms. The van der Waals surface area contributed by atoms with E-state index in [1.165, 1.54) is 0 Å². The molecule has 0 radical (unpaired) electrons. The molecule has 4 rings (SSSR count). The van der Waals surface area contributed by atoms with Crippen molar-refractivity contribution in [1.82, 2.24) is 20.1 Å². The molecule has 1 aromatic heterocycles. The predicted molar refractivity (Wildman–Crippen MR) is 105 cm³/mol. The van der Waals surface area contributed by atoms with Crippen molar-refractivity contribution in [1.29, 1.82) is 0 Å². The topological polar surface area (TPSA) is 84.0 Å². The van der Waals surface area contributed by atoms with Gasteiger partial charge in [-0.2, -0.15) is 0 Å². The number of hydrogen-bond donors (Lipinski definition) is 1. The number of benzene rings is 1. The Morgan fingerprint density at radius 3 is 2.66 bits per heavy atom. The second-order valence-electron chi connectivity index (χ2n) is 7.16. The number of nitrogens with zero attached hydrogens (tertiary/aromatic N) is 3. The maximum absolute atomic E-state index is 12.4. The van der Waals surface area contributed by atoms with Crippen LogP contribution in [0.15, 0.2) is 42.7 Å². The number of nitrogens with one attached hydrogen (secondary N) is 1. The first-order valence-corrected chi connectivity index (χ1v) is 9.71. The smallest absolute Gasteiger partial charge is 0.232 e. The largest absolute Gasteiger partial charge is 0.454 e. The number of pyridine rings is 1. The number of ether oxygens (including phenoxy) is 2. The van der Waals surface area contributed by atoms with Crippen LogP contribution in [-0.4, -0.2) is 59.6 Å². The highest BCUT2D eigenvalue weighted by molar-refractivity contribution is 5.96. The fourth-order valence-electron chi connectivity index (χ4n) is 3.47. The van der Waals surface area contributed by atoms with Crippen LogP contribution >= 0.6 is 0 Å². The summed E-state index contributed by atoms with van der Waals surface area (Å²) in [4.78, 5) is 32.5. The first kappa shape index (κ1) is 19.2. The number of rotatable bonds is 6. The minimum atomic E-state index is -0.262. The van der Waals surface area contributed by atoms with Gasteiger partial charge in [0.15, 0.2) is 11.5 Å². The maximum Gasteiger partial charge on any atom is 0.232 e. The molecule has 1 aromatic carbocycles. The molecule has 3 heterocycles. The molecule has 0 unspecified atom stereocenters. The Hall–Kier alpha value is -3.13. The molecule has 1 fully saturated rings. The van der Waals surface area contributed by atoms with Crippen LogP contribution in [0, 0.1) is 0 Å². The van der Waals surface area contributed by atoms with Gasteiger partial charge in [0.25, 0.3) is 0 Å². The molecule has 8 nitrogen and oxygen atoms in total. The van der Waals surface area contributed by atoms with Crippen molar-refractivity contribution in [2.45, 2.75) is 19.5 Å². The normalized spacial score (nSPS) is 15.9. The van der Waals surface area contributed by atoms with Gasteiger partial charge in [-0.1, -0.05) is 12.1 Å². The van der Waals surface area contributed by atoms with Gasteiger partial charge in [-0.05, 0) is 29.3 Å². The van der Waals surface area contributed by atoms with Crippen LogP contribution in [-0.2, 0) is 22.7 Å². The molecule has 0 saturated carbocycles. The summed E-state index contributed by atoms with van der Waals surface area (Å²) in [6.07, 6.45) is 3.25. The lowest BCUT2D eigenvalue weighted by atomic mass is 10.1. The molecule has 0 bridgehead atoms. The summed E-state index contributed by atoms with van der Waals surface area (Å²) in [7, 11) is 0. The Bertz CT molecular complexity index is 866. The van der Waals surface area contributed by atoms with Crippen molar-refractivity contribution in [3.05, 3.63) is 53.9 Å². The van der Waals surface area contributed by atoms with Gasteiger partial charge in [-0.3, -0.25) is 19.5 Å². The summed E-state index contributed by atoms with van der Waals surface area (Å²) in [5, 5.41) is 2.77. The third-order valence-corrected chi connectivity index (χ3v) is 5.09. The number of carbonyl (C=O) groups is 2. The zero-order valence-corrected chi connectivity index (χ0v) is 16.2. The Kier molecular flexibility index (Phi) is 5.90. The lowest BCUT2D eigenvalue weighted by Gasteiger charge is -2.34. The monoisotopic (exact) mass is 396 g/mol. The van der Waals surface area contributed by atoms with Crippen molar-refractivity contribution in [2.24, 2.45) is 0 Å². The van der Waals surface area contributed by atoms with Gasteiger partial charge in [0, 0.05) is 51.7 Å². The van der Waals surface area contributed by atoms with Gasteiger partial charge < -0.3 is 19.7 Å². The van der Waals surface area contributed by atoms with Crippen LogP contribution in [0.2, 0.25) is 0 Å². The van der Waals surface area contributed by atoms with Crippen LogP contribution in [0.3, 0.4) is 0 Å². The molecule has 0 aliphatic carbocycles. The van der Waals surface area contributed by atoms with E-state index in [2.05, 4.69) is 15.2 Å². The summed E-state index contributed by atoms with van der Waals surface area (Å²) < 4.78 is 10.8. The quantitative estimate of drug-likeness (QED) is 0.738. The number of carbonyl (C=O) groups excluding carboxylic acids is 2. The molecule has 8 heteroatoms. The fourth-order valence-corrected chi connectivity index (χ4v) is 3.47. The lowest BCUT2D eigenvalue weighted by Crippen LogP contribution is -2.49. The molecule has 152 valence electrons. The van der Waals surface area contributed by atoms with Gasteiger partial charge in [0.1, 0.15) is 6.42 Å². The van der Waals surface area contributed by atoms with Crippen LogP contribution in [0.5, 0.6) is 11.5 Å². The molecule has 1 N–H and O–H groups in total. The number of fused-ring (bicyclic) bond motifs is 1. The Balaban J connectivity index is 1.20. The Morgan fingerprint density at radius 1 is 1.03 bits per heavy atom. The molecular weight excluding hydrogens is 372 g/mol. The first-order valence-electron chi connectivity index (χ1n) is 9.71. The van der Waals surface area contributed by atoms with E-state index in [0.29, 0.717) is 19.6 Å². The van der Waals surface area contributed by atoms with Crippen LogP contribution < -0.4 is 14.8 Å². The lowest BCUT2D eigenvalue weighted by molar-refractivity contribution is -0.137. The summed E-state index contributed by atoms with van der Waals surface area (Å²) in [5.74, 6) is 1.18. The third-order valence-electron chi connectivity index (χ3n) is 5.09. The second kappa shape index (κ2) is 8.91. The third kappa shape index (κ3) is 5.03. The maximum atomic E-state index is 12.4. The van der Waals surface area contributed by atoms with E-state index < -0.39 is 0 Å². The van der Waals surface area contributed by atoms with Crippen LogP contribution in [0.25, 0.3) is 0 Å². The highest BCUT2D eigenvalue weighted by Gasteiger charge is 2.23. The van der Waals surface area contributed by atoms with Crippen molar-refractivity contribution >= 4 is 11.8 Å². The summed E-state index contributed by atoms with van der Waals surface area (Å²) >= 11 is 0. The molecule has 2 aromatic rings. The first-order chi connectivity index (χ1) is 14.2. The molecular formula is C21H24N4O4. The fraction of sp³-hybridized carbons (Fsp3) is 0.381. The molecule has 0 atom stereocenters. The molecule has 0 spiro atoms. The number of aromatic nitrogens is 1. The van der Waals surface area contributed by atoms with Crippen molar-refractivity contribution in [2.75, 3.05) is 33.0 Å². The predicted octanol–water partition coefficient (Wildman–Crippen LogP) is 1.16. The van der Waals surface area contributed by atoms with Crippen LogP contribution in [0.1, 0.15) is 17.5 Å². The van der Waals surface area contributed by atoms with Crippen molar-refractivity contribution in [3.63, 3.8) is 0 Å². The Labute approximate surface area is 169 Å². The van der Waals surface area contributed by atoms with Gasteiger partial charge >= 0.3 is 0 Å². The molecule has 2 amide bonds. The average molecular weight is 396 g/mol. The number of amides is 2. The van der Waals surface area contributed by atoms with E-state index in [0.717, 1.165) is 42.3 Å². The van der Waals surface area contributed by atoms with Gasteiger partial charge in [0.2, 0.25) is 18.6 Å². The molecule has 2 aliphatic heterocycles. The highest BCUT2D eigenvalue weighted by atomic mass is 16.7. The molecule has 1 saturated heterocycles. The van der Waals surface area contributed by atoms with E-state index in [4.69, 9.17) is 9.47 Å². The van der Waals surface area contributed by atoms with Gasteiger partial charge in [-0.15, -0.1) is 0 Å². The van der Waals surface area contributed by atoms with Crippen molar-refractivity contribution < 1.29 is 19.1 Å². The zero-order chi connectivity index (χ0) is 20.1. The highest BCUT2D eigenvalue weighted by Crippen LogP contribution is 2.32. The van der Waals surface area contributed by atoms with Crippen molar-refractivity contribution in [3.8, 4) is 11.5 Å². The van der Waals surface area contributed by atoms with Gasteiger partial charge in [0.05, 0.1) is 0 Å².